The Bertz CT molecular complexity index is 1020. The van der Waals surface area contributed by atoms with Gasteiger partial charge in [-0.1, -0.05) is 18.2 Å². The highest BCUT2D eigenvalue weighted by molar-refractivity contribution is 6.07. The first-order chi connectivity index (χ1) is 16.9. The van der Waals surface area contributed by atoms with Crippen LogP contribution in [0.4, 0.5) is 10.6 Å². The summed E-state index contributed by atoms with van der Waals surface area (Å²) in [4.78, 5) is 33.0. The van der Waals surface area contributed by atoms with Crippen molar-refractivity contribution >= 4 is 28.7 Å². The van der Waals surface area contributed by atoms with E-state index in [0.29, 0.717) is 37.1 Å². The molecule has 190 valence electrons. The molecule has 3 N–H and O–H groups in total. The molecule has 0 spiro atoms. The predicted molar refractivity (Wildman–Crippen MR) is 136 cm³/mol. The summed E-state index contributed by atoms with van der Waals surface area (Å²) in [6, 6.07) is 9.69. The van der Waals surface area contributed by atoms with Gasteiger partial charge < -0.3 is 30.3 Å². The highest BCUT2D eigenvalue weighted by Gasteiger charge is 2.30. The Hall–Kier alpha value is -2.91. The average molecular weight is 484 g/mol. The van der Waals surface area contributed by atoms with Crippen LogP contribution in [0.25, 0.3) is 10.9 Å². The van der Waals surface area contributed by atoms with Crippen molar-refractivity contribution in [3.63, 3.8) is 0 Å². The van der Waals surface area contributed by atoms with Crippen LogP contribution in [0.1, 0.15) is 36.0 Å². The SMILES string of the molecule is CN(C)CCOC1CN(c2cc(C(=O)NCC3CCC(CNC(=O)O)CC3)c3ccccc3n2)C1. The number of benzene rings is 1. The number of hydrogen-bond donors (Lipinski definition) is 3. The van der Waals surface area contributed by atoms with Gasteiger partial charge in [0.1, 0.15) is 5.82 Å². The molecule has 2 amide bonds. The Morgan fingerprint density at radius 2 is 1.74 bits per heavy atom. The zero-order valence-corrected chi connectivity index (χ0v) is 20.7. The molecule has 0 unspecified atom stereocenters. The van der Waals surface area contributed by atoms with Crippen LogP contribution in [0.3, 0.4) is 0 Å². The van der Waals surface area contributed by atoms with Crippen LogP contribution < -0.4 is 15.5 Å². The van der Waals surface area contributed by atoms with Gasteiger partial charge in [0.15, 0.2) is 0 Å². The number of carbonyl (C=O) groups is 2. The van der Waals surface area contributed by atoms with Gasteiger partial charge in [0.05, 0.1) is 23.8 Å². The molecule has 1 aromatic carbocycles. The molecule has 9 heteroatoms. The van der Waals surface area contributed by atoms with Crippen LogP contribution in [-0.2, 0) is 4.74 Å². The molecule has 0 atom stereocenters. The van der Waals surface area contributed by atoms with E-state index in [1.54, 1.807) is 0 Å². The third-order valence-corrected chi connectivity index (χ3v) is 7.07. The van der Waals surface area contributed by atoms with E-state index in [2.05, 4.69) is 20.4 Å². The van der Waals surface area contributed by atoms with Crippen molar-refractivity contribution in [3.05, 3.63) is 35.9 Å². The number of pyridine rings is 1. The molecular formula is C26H37N5O4. The standard InChI is InChI=1S/C26H37N5O4/c1-30(2)11-12-35-20-16-31(17-20)24-13-22(21-5-3-4-6-23(21)29-24)25(32)27-14-18-7-9-19(10-8-18)15-28-26(33)34/h3-6,13,18-20,28H,7-12,14-17H2,1-2H3,(H,27,32)(H,33,34). The third-order valence-electron chi connectivity index (χ3n) is 7.07. The van der Waals surface area contributed by atoms with Crippen LogP contribution in [0.5, 0.6) is 0 Å². The molecule has 2 aliphatic rings. The first kappa shape index (κ1) is 25.2. The molecular weight excluding hydrogens is 446 g/mol. The fourth-order valence-corrected chi connectivity index (χ4v) is 4.85. The lowest BCUT2D eigenvalue weighted by atomic mass is 9.82. The Labute approximate surface area is 206 Å². The summed E-state index contributed by atoms with van der Waals surface area (Å²) < 4.78 is 5.92. The molecule has 2 fully saturated rings. The minimum absolute atomic E-state index is 0.0705. The number of rotatable bonds is 10. The smallest absolute Gasteiger partial charge is 0.404 e. The number of anilines is 1. The Balaban J connectivity index is 1.34. The lowest BCUT2D eigenvalue weighted by Gasteiger charge is -2.40. The summed E-state index contributed by atoms with van der Waals surface area (Å²) >= 11 is 0. The van der Waals surface area contributed by atoms with Crippen molar-refractivity contribution in [2.45, 2.75) is 31.8 Å². The molecule has 1 saturated heterocycles. The first-order valence-corrected chi connectivity index (χ1v) is 12.5. The van der Waals surface area contributed by atoms with E-state index >= 15 is 0 Å². The van der Waals surface area contributed by atoms with E-state index in [1.807, 2.05) is 44.4 Å². The highest BCUT2D eigenvalue weighted by Crippen LogP contribution is 2.29. The summed E-state index contributed by atoms with van der Waals surface area (Å²) in [5.41, 5.74) is 1.47. The maximum atomic E-state index is 13.2. The van der Waals surface area contributed by atoms with Crippen LogP contribution >= 0.6 is 0 Å². The number of fused-ring (bicyclic) bond motifs is 1. The number of amides is 2. The fraction of sp³-hybridized carbons (Fsp3) is 0.577. The molecule has 1 saturated carbocycles. The summed E-state index contributed by atoms with van der Waals surface area (Å²) in [6.07, 6.45) is 3.19. The zero-order chi connectivity index (χ0) is 24.8. The highest BCUT2D eigenvalue weighted by atomic mass is 16.5. The summed E-state index contributed by atoms with van der Waals surface area (Å²) in [5.74, 6) is 1.55. The van der Waals surface area contributed by atoms with E-state index < -0.39 is 6.09 Å². The molecule has 0 radical (unpaired) electrons. The van der Waals surface area contributed by atoms with Crippen LogP contribution in [0.2, 0.25) is 0 Å². The monoisotopic (exact) mass is 483 g/mol. The number of carboxylic acid groups (broad SMARTS) is 1. The van der Waals surface area contributed by atoms with Crippen molar-refractivity contribution in [1.29, 1.82) is 0 Å². The second-order valence-corrected chi connectivity index (χ2v) is 10.0. The van der Waals surface area contributed by atoms with Crippen LogP contribution in [0, 0.1) is 11.8 Å². The summed E-state index contributed by atoms with van der Waals surface area (Å²) in [5, 5.41) is 15.3. The van der Waals surface area contributed by atoms with Gasteiger partial charge in [-0.2, -0.15) is 0 Å². The topological polar surface area (TPSA) is 107 Å². The number of nitrogens with zero attached hydrogens (tertiary/aromatic N) is 3. The summed E-state index contributed by atoms with van der Waals surface area (Å²) in [7, 11) is 4.07. The molecule has 2 heterocycles. The third kappa shape index (κ3) is 6.82. The largest absolute Gasteiger partial charge is 0.465 e. The van der Waals surface area contributed by atoms with Gasteiger partial charge in [-0.3, -0.25) is 4.79 Å². The fourth-order valence-electron chi connectivity index (χ4n) is 4.85. The number of ether oxygens (including phenoxy) is 1. The lowest BCUT2D eigenvalue weighted by Crippen LogP contribution is -2.53. The molecule has 1 aliphatic heterocycles. The lowest BCUT2D eigenvalue weighted by molar-refractivity contribution is 0.0265. The molecule has 35 heavy (non-hydrogen) atoms. The van der Waals surface area contributed by atoms with Gasteiger partial charge in [-0.15, -0.1) is 0 Å². The van der Waals surface area contributed by atoms with Crippen LogP contribution in [-0.4, -0.2) is 86.5 Å². The number of para-hydroxylation sites is 1. The zero-order valence-electron chi connectivity index (χ0n) is 20.7. The van der Waals surface area contributed by atoms with E-state index in [9.17, 15) is 9.59 Å². The van der Waals surface area contributed by atoms with E-state index in [4.69, 9.17) is 14.8 Å². The van der Waals surface area contributed by atoms with Gasteiger partial charge >= 0.3 is 6.09 Å². The Kier molecular flexibility index (Phi) is 8.41. The Morgan fingerprint density at radius 1 is 1.09 bits per heavy atom. The number of hydrogen-bond acceptors (Lipinski definition) is 6. The molecule has 1 aliphatic carbocycles. The van der Waals surface area contributed by atoms with E-state index in [1.165, 1.54) is 0 Å². The van der Waals surface area contributed by atoms with Crippen molar-refractivity contribution in [1.82, 2.24) is 20.5 Å². The number of aromatic nitrogens is 1. The van der Waals surface area contributed by atoms with Gasteiger partial charge in [-0.25, -0.2) is 9.78 Å². The quantitative estimate of drug-likeness (QED) is 0.477. The molecule has 0 bridgehead atoms. The first-order valence-electron chi connectivity index (χ1n) is 12.5. The molecule has 1 aromatic heterocycles. The summed E-state index contributed by atoms with van der Waals surface area (Å²) in [6.45, 7) is 4.31. The number of nitrogens with one attached hydrogen (secondary N) is 2. The minimum atomic E-state index is -0.964. The average Bonchev–Trinajstić information content (AvgIpc) is 2.82. The van der Waals surface area contributed by atoms with Crippen molar-refractivity contribution in [2.24, 2.45) is 11.8 Å². The second kappa shape index (κ2) is 11.7. The van der Waals surface area contributed by atoms with Gasteiger partial charge in [0.25, 0.3) is 5.91 Å². The van der Waals surface area contributed by atoms with Crippen molar-refractivity contribution in [2.75, 3.05) is 58.3 Å². The maximum absolute atomic E-state index is 13.2. The van der Waals surface area contributed by atoms with Crippen molar-refractivity contribution < 1.29 is 19.4 Å². The number of likely N-dealkylation sites (N-methyl/N-ethyl adjacent to an activating group) is 1. The normalized spacial score (nSPS) is 20.6. The maximum Gasteiger partial charge on any atom is 0.404 e. The minimum Gasteiger partial charge on any atom is -0.465 e. The number of carbonyl (C=O) groups excluding carboxylic acids is 1. The van der Waals surface area contributed by atoms with Crippen molar-refractivity contribution in [3.8, 4) is 0 Å². The molecule has 9 nitrogen and oxygen atoms in total. The van der Waals surface area contributed by atoms with E-state index in [-0.39, 0.29) is 12.0 Å². The van der Waals surface area contributed by atoms with Gasteiger partial charge in [0, 0.05) is 38.1 Å². The van der Waals surface area contributed by atoms with E-state index in [0.717, 1.165) is 62.0 Å². The van der Waals surface area contributed by atoms with Gasteiger partial charge in [0.2, 0.25) is 0 Å². The predicted octanol–water partition coefficient (Wildman–Crippen LogP) is 2.81. The second-order valence-electron chi connectivity index (χ2n) is 10.0. The molecule has 4 rings (SSSR count). The van der Waals surface area contributed by atoms with Gasteiger partial charge in [-0.05, 0) is 63.7 Å². The molecule has 2 aromatic rings. The van der Waals surface area contributed by atoms with Crippen LogP contribution in [0.15, 0.2) is 30.3 Å². The Morgan fingerprint density at radius 3 is 2.40 bits per heavy atom.